The molecule has 0 bridgehead atoms. The number of aromatic nitrogens is 2. The lowest BCUT2D eigenvalue weighted by molar-refractivity contribution is 0.0950. The molecule has 0 aliphatic heterocycles. The van der Waals surface area contributed by atoms with Crippen molar-refractivity contribution in [1.82, 2.24) is 15.6 Å². The third-order valence-electron chi connectivity index (χ3n) is 3.96. The van der Waals surface area contributed by atoms with Crippen LogP contribution >= 0.6 is 0 Å². The average Bonchev–Trinajstić information content (AvgIpc) is 3.13. The first-order valence-corrected chi connectivity index (χ1v) is 8.26. The highest BCUT2D eigenvalue weighted by atomic mass is 16.2. The lowest BCUT2D eigenvalue weighted by Crippen LogP contribution is -2.18. The second kappa shape index (κ2) is 7.65. The van der Waals surface area contributed by atoms with Crippen molar-refractivity contribution in [2.75, 3.05) is 19.0 Å². The van der Waals surface area contributed by atoms with Crippen LogP contribution in [0, 0.1) is 6.92 Å². The van der Waals surface area contributed by atoms with Gasteiger partial charge in [0.1, 0.15) is 5.69 Å². The molecule has 6 heteroatoms. The monoisotopic (exact) mass is 347 g/mol. The number of hydrogen-bond acceptors (Lipinski definition) is 4. The Labute approximate surface area is 152 Å². The molecule has 6 nitrogen and oxygen atoms in total. The van der Waals surface area contributed by atoms with Crippen LogP contribution in [0.5, 0.6) is 0 Å². The van der Waals surface area contributed by atoms with Crippen molar-refractivity contribution in [3.05, 3.63) is 71.4 Å². The van der Waals surface area contributed by atoms with Crippen molar-refractivity contribution >= 4 is 17.8 Å². The predicted octanol–water partition coefficient (Wildman–Crippen LogP) is 3.22. The number of hydrazone groups is 1. The fourth-order valence-corrected chi connectivity index (χ4v) is 2.39. The molecule has 0 aliphatic rings. The molecule has 0 radical (unpaired) electrons. The summed E-state index contributed by atoms with van der Waals surface area (Å²) in [7, 11) is 3.97. The number of carbonyl (C=O) groups is 1. The van der Waals surface area contributed by atoms with E-state index in [0.717, 1.165) is 22.5 Å². The van der Waals surface area contributed by atoms with Gasteiger partial charge >= 0.3 is 0 Å². The number of hydrogen-bond donors (Lipinski definition) is 2. The van der Waals surface area contributed by atoms with Crippen molar-refractivity contribution in [3.63, 3.8) is 0 Å². The van der Waals surface area contributed by atoms with Gasteiger partial charge in [-0.05, 0) is 30.7 Å². The lowest BCUT2D eigenvalue weighted by atomic mass is 10.1. The van der Waals surface area contributed by atoms with Crippen LogP contribution < -0.4 is 10.3 Å². The number of aromatic amines is 1. The highest BCUT2D eigenvalue weighted by Crippen LogP contribution is 2.18. The van der Waals surface area contributed by atoms with E-state index in [4.69, 9.17) is 0 Å². The van der Waals surface area contributed by atoms with Crippen LogP contribution in [0.15, 0.2) is 59.7 Å². The maximum Gasteiger partial charge on any atom is 0.289 e. The second-order valence-electron chi connectivity index (χ2n) is 6.22. The number of nitrogens with zero attached hydrogens (tertiary/aromatic N) is 3. The Morgan fingerprint density at radius 2 is 1.81 bits per heavy atom. The highest BCUT2D eigenvalue weighted by Gasteiger charge is 2.10. The van der Waals surface area contributed by atoms with Gasteiger partial charge in [-0.3, -0.25) is 9.89 Å². The molecular weight excluding hydrogens is 326 g/mol. The summed E-state index contributed by atoms with van der Waals surface area (Å²) in [5.41, 5.74) is 7.73. The normalized spacial score (nSPS) is 10.9. The van der Waals surface area contributed by atoms with E-state index in [2.05, 4.69) is 20.7 Å². The molecule has 132 valence electrons. The summed E-state index contributed by atoms with van der Waals surface area (Å²) in [4.78, 5) is 14.2. The van der Waals surface area contributed by atoms with Crippen LogP contribution in [0.25, 0.3) is 11.3 Å². The Morgan fingerprint density at radius 3 is 2.46 bits per heavy atom. The first kappa shape index (κ1) is 17.4. The van der Waals surface area contributed by atoms with Gasteiger partial charge in [-0.15, -0.1) is 0 Å². The molecule has 1 heterocycles. The number of amides is 1. The average molecular weight is 347 g/mol. The number of benzene rings is 2. The summed E-state index contributed by atoms with van der Waals surface area (Å²) in [5.74, 6) is -0.336. The van der Waals surface area contributed by atoms with Crippen molar-refractivity contribution in [1.29, 1.82) is 0 Å². The molecule has 2 N–H and O–H groups in total. The third kappa shape index (κ3) is 4.16. The molecule has 0 unspecified atom stereocenters. The van der Waals surface area contributed by atoms with E-state index in [1.165, 1.54) is 5.56 Å². The molecule has 0 saturated carbocycles. The summed E-state index contributed by atoms with van der Waals surface area (Å²) in [6, 6.07) is 17.5. The number of nitrogens with one attached hydrogen (secondary N) is 2. The van der Waals surface area contributed by atoms with Crippen LogP contribution in [-0.4, -0.2) is 36.4 Å². The zero-order valence-electron chi connectivity index (χ0n) is 15.0. The standard InChI is InChI=1S/C20H21N5O/c1-14-4-8-16(9-5-14)18-12-19(23-22-18)20(26)24-21-13-15-6-10-17(11-7-15)25(2)3/h4-13H,1-3H3,(H,22,23)(H,24,26)/b21-13+. The van der Waals surface area contributed by atoms with Crippen LogP contribution in [0.2, 0.25) is 0 Å². The minimum atomic E-state index is -0.336. The molecule has 3 rings (SSSR count). The molecule has 0 atom stereocenters. The molecule has 0 fully saturated rings. The second-order valence-corrected chi connectivity index (χ2v) is 6.22. The third-order valence-corrected chi connectivity index (χ3v) is 3.96. The number of rotatable bonds is 5. The van der Waals surface area contributed by atoms with E-state index in [1.807, 2.05) is 74.4 Å². The molecule has 3 aromatic rings. The van der Waals surface area contributed by atoms with Gasteiger partial charge < -0.3 is 4.90 Å². The van der Waals surface area contributed by atoms with Gasteiger partial charge in [-0.2, -0.15) is 10.2 Å². The van der Waals surface area contributed by atoms with Gasteiger partial charge in [-0.1, -0.05) is 42.0 Å². The van der Waals surface area contributed by atoms with Crippen molar-refractivity contribution in [3.8, 4) is 11.3 Å². The first-order chi connectivity index (χ1) is 12.5. The number of anilines is 1. The number of H-pyrrole nitrogens is 1. The van der Waals surface area contributed by atoms with E-state index in [0.29, 0.717) is 5.69 Å². The van der Waals surface area contributed by atoms with Crippen molar-refractivity contribution < 1.29 is 4.79 Å². The zero-order chi connectivity index (χ0) is 18.5. The van der Waals surface area contributed by atoms with Gasteiger partial charge in [-0.25, -0.2) is 5.43 Å². The summed E-state index contributed by atoms with van der Waals surface area (Å²) < 4.78 is 0. The zero-order valence-corrected chi connectivity index (χ0v) is 15.0. The van der Waals surface area contributed by atoms with Gasteiger partial charge in [0, 0.05) is 25.3 Å². The Morgan fingerprint density at radius 1 is 1.12 bits per heavy atom. The minimum absolute atomic E-state index is 0.336. The van der Waals surface area contributed by atoms with Crippen molar-refractivity contribution in [2.45, 2.75) is 6.92 Å². The smallest absolute Gasteiger partial charge is 0.289 e. The minimum Gasteiger partial charge on any atom is -0.378 e. The largest absolute Gasteiger partial charge is 0.378 e. The van der Waals surface area contributed by atoms with Crippen LogP contribution in [0.1, 0.15) is 21.6 Å². The Kier molecular flexibility index (Phi) is 5.12. The van der Waals surface area contributed by atoms with E-state index in [1.54, 1.807) is 12.3 Å². The van der Waals surface area contributed by atoms with Crippen LogP contribution in [0.4, 0.5) is 5.69 Å². The molecule has 0 spiro atoms. The quantitative estimate of drug-likeness (QED) is 0.550. The SMILES string of the molecule is Cc1ccc(-c2cc(C(=O)N/N=C/c3ccc(N(C)C)cc3)[nH]n2)cc1. The maximum absolute atomic E-state index is 12.2. The van der Waals surface area contributed by atoms with Gasteiger partial charge in [0.2, 0.25) is 0 Å². The summed E-state index contributed by atoms with van der Waals surface area (Å²) in [6.07, 6.45) is 1.61. The topological polar surface area (TPSA) is 73.4 Å². The molecule has 26 heavy (non-hydrogen) atoms. The van der Waals surface area contributed by atoms with Crippen LogP contribution in [0.3, 0.4) is 0 Å². The van der Waals surface area contributed by atoms with Gasteiger partial charge in [0.25, 0.3) is 5.91 Å². The summed E-state index contributed by atoms with van der Waals surface area (Å²) >= 11 is 0. The van der Waals surface area contributed by atoms with Crippen LogP contribution in [-0.2, 0) is 0 Å². The molecular formula is C20H21N5O. The first-order valence-electron chi connectivity index (χ1n) is 8.26. The molecule has 1 aromatic heterocycles. The highest BCUT2D eigenvalue weighted by molar-refractivity contribution is 5.94. The molecule has 2 aromatic carbocycles. The predicted molar refractivity (Wildman–Crippen MR) is 105 cm³/mol. The number of aryl methyl sites for hydroxylation is 1. The molecule has 0 aliphatic carbocycles. The van der Waals surface area contributed by atoms with E-state index in [9.17, 15) is 4.79 Å². The van der Waals surface area contributed by atoms with E-state index in [-0.39, 0.29) is 5.91 Å². The van der Waals surface area contributed by atoms with Crippen molar-refractivity contribution in [2.24, 2.45) is 5.10 Å². The van der Waals surface area contributed by atoms with Gasteiger partial charge in [0.05, 0.1) is 11.9 Å². The van der Waals surface area contributed by atoms with Gasteiger partial charge in [0.15, 0.2) is 0 Å². The fourth-order valence-electron chi connectivity index (χ4n) is 2.39. The molecule has 1 amide bonds. The number of carbonyl (C=O) groups excluding carboxylic acids is 1. The Hall–Kier alpha value is -3.41. The molecule has 0 saturated heterocycles. The summed E-state index contributed by atoms with van der Waals surface area (Å²) in [6.45, 7) is 2.03. The van der Waals surface area contributed by atoms with E-state index < -0.39 is 0 Å². The fraction of sp³-hybridized carbons (Fsp3) is 0.150. The maximum atomic E-state index is 12.2. The summed E-state index contributed by atoms with van der Waals surface area (Å²) in [5, 5.41) is 10.9. The Balaban J connectivity index is 1.62. The Bertz CT molecular complexity index is 908. The van der Waals surface area contributed by atoms with E-state index >= 15 is 0 Å². The lowest BCUT2D eigenvalue weighted by Gasteiger charge is -2.11.